The summed E-state index contributed by atoms with van der Waals surface area (Å²) in [5.74, 6) is 1.96. The standard InChI is InChI=1S/C15H25NS/c1-5-11(2)10-17-15(13(4)16)14-8-6-7-12(3)9-14/h6-9,11,13,15H,5,10,16H2,1-4H3. The predicted octanol–water partition coefficient (Wildman–Crippen LogP) is 4.16. The summed E-state index contributed by atoms with van der Waals surface area (Å²) < 4.78 is 0. The zero-order valence-electron chi connectivity index (χ0n) is 11.4. The van der Waals surface area contributed by atoms with E-state index in [9.17, 15) is 0 Å². The van der Waals surface area contributed by atoms with Crippen LogP contribution in [0.5, 0.6) is 0 Å². The molecule has 0 aromatic heterocycles. The summed E-state index contributed by atoms with van der Waals surface area (Å²) in [4.78, 5) is 0. The third-order valence-corrected chi connectivity index (χ3v) is 4.93. The maximum Gasteiger partial charge on any atom is 0.0445 e. The Hall–Kier alpha value is -0.470. The molecule has 1 aromatic rings. The molecule has 96 valence electrons. The molecular weight excluding hydrogens is 226 g/mol. The topological polar surface area (TPSA) is 26.0 Å². The van der Waals surface area contributed by atoms with Crippen LogP contribution in [-0.4, -0.2) is 11.8 Å². The van der Waals surface area contributed by atoms with Crippen LogP contribution in [0.4, 0.5) is 0 Å². The molecule has 0 radical (unpaired) electrons. The van der Waals surface area contributed by atoms with Crippen molar-refractivity contribution < 1.29 is 0 Å². The molecule has 0 heterocycles. The van der Waals surface area contributed by atoms with Crippen LogP contribution in [0.3, 0.4) is 0 Å². The third-order valence-electron chi connectivity index (χ3n) is 3.11. The number of hydrogen-bond donors (Lipinski definition) is 1. The maximum absolute atomic E-state index is 6.13. The average molecular weight is 251 g/mol. The second-order valence-electron chi connectivity index (χ2n) is 5.04. The van der Waals surface area contributed by atoms with Crippen molar-refractivity contribution in [2.75, 3.05) is 5.75 Å². The minimum absolute atomic E-state index is 0.200. The molecule has 3 unspecified atom stereocenters. The van der Waals surface area contributed by atoms with Gasteiger partial charge in [-0.3, -0.25) is 0 Å². The van der Waals surface area contributed by atoms with Gasteiger partial charge in [0.25, 0.3) is 0 Å². The van der Waals surface area contributed by atoms with Crippen molar-refractivity contribution in [3.8, 4) is 0 Å². The van der Waals surface area contributed by atoms with Gasteiger partial charge in [-0.15, -0.1) is 0 Å². The fourth-order valence-electron chi connectivity index (χ4n) is 1.78. The molecule has 0 fully saturated rings. The highest BCUT2D eigenvalue weighted by Gasteiger charge is 2.17. The van der Waals surface area contributed by atoms with Gasteiger partial charge < -0.3 is 5.73 Å². The van der Waals surface area contributed by atoms with E-state index in [1.165, 1.54) is 23.3 Å². The molecule has 17 heavy (non-hydrogen) atoms. The average Bonchev–Trinajstić information content (AvgIpc) is 2.28. The van der Waals surface area contributed by atoms with Gasteiger partial charge in [0.05, 0.1) is 0 Å². The predicted molar refractivity (Wildman–Crippen MR) is 79.5 cm³/mol. The summed E-state index contributed by atoms with van der Waals surface area (Å²) in [6.45, 7) is 8.80. The van der Waals surface area contributed by atoms with Crippen molar-refractivity contribution >= 4 is 11.8 Å². The lowest BCUT2D eigenvalue weighted by molar-refractivity contribution is 0.631. The number of benzene rings is 1. The lowest BCUT2D eigenvalue weighted by atomic mass is 10.0. The van der Waals surface area contributed by atoms with E-state index in [1.807, 2.05) is 11.8 Å². The summed E-state index contributed by atoms with van der Waals surface area (Å²) in [5.41, 5.74) is 8.81. The van der Waals surface area contributed by atoms with Gasteiger partial charge in [-0.2, -0.15) is 11.8 Å². The highest BCUT2D eigenvalue weighted by atomic mass is 32.2. The molecule has 0 spiro atoms. The molecule has 0 aliphatic carbocycles. The molecule has 0 aliphatic rings. The second kappa shape index (κ2) is 7.07. The van der Waals surface area contributed by atoms with E-state index in [2.05, 4.69) is 52.0 Å². The van der Waals surface area contributed by atoms with Crippen LogP contribution in [0.15, 0.2) is 24.3 Å². The lowest BCUT2D eigenvalue weighted by Gasteiger charge is -2.22. The Balaban J connectivity index is 2.72. The lowest BCUT2D eigenvalue weighted by Crippen LogP contribution is -2.23. The number of nitrogens with two attached hydrogens (primary N) is 1. The molecule has 3 atom stereocenters. The van der Waals surface area contributed by atoms with E-state index >= 15 is 0 Å². The Morgan fingerprint density at radius 3 is 2.53 bits per heavy atom. The van der Waals surface area contributed by atoms with Gasteiger partial charge in [-0.05, 0) is 31.1 Å². The molecule has 2 N–H and O–H groups in total. The summed E-state index contributed by atoms with van der Waals surface area (Å²) >= 11 is 2.00. The third kappa shape index (κ3) is 4.72. The van der Waals surface area contributed by atoms with Crippen molar-refractivity contribution in [1.29, 1.82) is 0 Å². The van der Waals surface area contributed by atoms with E-state index in [1.54, 1.807) is 0 Å². The van der Waals surface area contributed by atoms with Crippen LogP contribution in [-0.2, 0) is 0 Å². The Kier molecular flexibility index (Phi) is 6.07. The van der Waals surface area contributed by atoms with Gasteiger partial charge in [0.15, 0.2) is 0 Å². The molecule has 0 amide bonds. The zero-order valence-corrected chi connectivity index (χ0v) is 12.3. The summed E-state index contributed by atoms with van der Waals surface area (Å²) in [6.07, 6.45) is 1.24. The number of aryl methyl sites for hydroxylation is 1. The first kappa shape index (κ1) is 14.6. The number of hydrogen-bond acceptors (Lipinski definition) is 2. The van der Waals surface area contributed by atoms with Gasteiger partial charge in [-0.25, -0.2) is 0 Å². The van der Waals surface area contributed by atoms with Crippen molar-refractivity contribution in [2.45, 2.75) is 45.4 Å². The fraction of sp³-hybridized carbons (Fsp3) is 0.600. The maximum atomic E-state index is 6.13. The smallest absolute Gasteiger partial charge is 0.0445 e. The van der Waals surface area contributed by atoms with Gasteiger partial charge in [-0.1, -0.05) is 50.1 Å². The van der Waals surface area contributed by atoms with E-state index in [0.29, 0.717) is 5.25 Å². The molecule has 1 nitrogen and oxygen atoms in total. The Morgan fingerprint density at radius 1 is 1.29 bits per heavy atom. The van der Waals surface area contributed by atoms with Crippen molar-refractivity contribution in [3.05, 3.63) is 35.4 Å². The Labute approximate surface area is 110 Å². The number of thioether (sulfide) groups is 1. The van der Waals surface area contributed by atoms with Crippen LogP contribution in [0, 0.1) is 12.8 Å². The molecule has 1 aromatic carbocycles. The van der Waals surface area contributed by atoms with Crippen molar-refractivity contribution in [3.63, 3.8) is 0 Å². The fourth-order valence-corrected chi connectivity index (χ4v) is 3.20. The zero-order chi connectivity index (χ0) is 12.8. The number of rotatable bonds is 6. The Morgan fingerprint density at radius 2 is 2.00 bits per heavy atom. The summed E-state index contributed by atoms with van der Waals surface area (Å²) in [7, 11) is 0. The van der Waals surface area contributed by atoms with Gasteiger partial charge in [0.2, 0.25) is 0 Å². The minimum Gasteiger partial charge on any atom is -0.327 e. The molecular formula is C15H25NS. The molecule has 0 aliphatic heterocycles. The molecule has 0 saturated carbocycles. The largest absolute Gasteiger partial charge is 0.327 e. The highest BCUT2D eigenvalue weighted by Crippen LogP contribution is 2.33. The Bertz CT molecular complexity index is 335. The van der Waals surface area contributed by atoms with Crippen LogP contribution in [0.25, 0.3) is 0 Å². The molecule has 2 heteroatoms. The SMILES string of the molecule is CCC(C)CSC(c1cccc(C)c1)C(C)N. The van der Waals surface area contributed by atoms with E-state index in [4.69, 9.17) is 5.73 Å². The van der Waals surface area contributed by atoms with Crippen LogP contribution >= 0.6 is 11.8 Å². The van der Waals surface area contributed by atoms with Crippen LogP contribution in [0.1, 0.15) is 43.6 Å². The first-order valence-corrected chi connectivity index (χ1v) is 7.53. The van der Waals surface area contributed by atoms with E-state index < -0.39 is 0 Å². The van der Waals surface area contributed by atoms with Crippen molar-refractivity contribution in [2.24, 2.45) is 11.7 Å². The van der Waals surface area contributed by atoms with Crippen molar-refractivity contribution in [1.82, 2.24) is 0 Å². The quantitative estimate of drug-likeness (QED) is 0.821. The van der Waals surface area contributed by atoms with E-state index in [0.717, 1.165) is 5.92 Å². The monoisotopic (exact) mass is 251 g/mol. The first-order valence-electron chi connectivity index (χ1n) is 6.48. The normalized spacial score (nSPS) is 16.5. The molecule has 0 bridgehead atoms. The highest BCUT2D eigenvalue weighted by molar-refractivity contribution is 7.99. The van der Waals surface area contributed by atoms with Gasteiger partial charge >= 0.3 is 0 Å². The molecule has 0 saturated heterocycles. The van der Waals surface area contributed by atoms with Crippen LogP contribution in [0.2, 0.25) is 0 Å². The van der Waals surface area contributed by atoms with Gasteiger partial charge in [0.1, 0.15) is 0 Å². The van der Waals surface area contributed by atoms with Crippen LogP contribution < -0.4 is 5.73 Å². The summed E-state index contributed by atoms with van der Waals surface area (Å²) in [5, 5.41) is 0.420. The van der Waals surface area contributed by atoms with E-state index in [-0.39, 0.29) is 6.04 Å². The summed E-state index contributed by atoms with van der Waals surface area (Å²) in [6, 6.07) is 8.93. The minimum atomic E-state index is 0.200. The second-order valence-corrected chi connectivity index (χ2v) is 6.22. The van der Waals surface area contributed by atoms with Gasteiger partial charge in [0, 0.05) is 11.3 Å². The molecule has 1 rings (SSSR count). The first-order chi connectivity index (χ1) is 8.04.